The molecule has 3 aliphatic heterocycles. The summed E-state index contributed by atoms with van der Waals surface area (Å²) in [6.45, 7) is 8.25. The zero-order valence-electron chi connectivity index (χ0n) is 44.1. The number of aromatic hydroxyl groups is 1. The largest absolute Gasteiger partial charge is 0.508 e. The van der Waals surface area contributed by atoms with Gasteiger partial charge in [0, 0.05) is 45.3 Å². The molecule has 0 saturated carbocycles. The lowest BCUT2D eigenvalue weighted by atomic mass is 9.91. The van der Waals surface area contributed by atoms with Crippen LogP contribution in [-0.4, -0.2) is 185 Å². The Morgan fingerprint density at radius 1 is 0.760 bits per heavy atom. The van der Waals surface area contributed by atoms with Crippen LogP contribution in [0.2, 0.25) is 0 Å². The highest BCUT2D eigenvalue weighted by Crippen LogP contribution is 2.26. The highest BCUT2D eigenvalue weighted by atomic mass is 16.3. The molecule has 4 rings (SSSR count). The Labute approximate surface area is 439 Å². The zero-order chi connectivity index (χ0) is 55.7. The Morgan fingerprint density at radius 3 is 2.05 bits per heavy atom. The first kappa shape index (κ1) is 62.1. The summed E-state index contributed by atoms with van der Waals surface area (Å²) in [6.07, 6.45) is -3.34. The monoisotopic (exact) mass is 1060 g/mol. The van der Waals surface area contributed by atoms with Crippen molar-refractivity contribution in [2.45, 2.75) is 210 Å². The molecule has 75 heavy (non-hydrogen) atoms. The number of carbonyl (C=O) groups excluding carboxylic acids is 8. The van der Waals surface area contributed by atoms with E-state index >= 15 is 0 Å². The van der Waals surface area contributed by atoms with Gasteiger partial charge < -0.3 is 77.9 Å². The van der Waals surface area contributed by atoms with Crippen LogP contribution in [0.1, 0.15) is 136 Å². The average molecular weight is 1060 g/mol. The van der Waals surface area contributed by atoms with Gasteiger partial charge >= 0.3 is 0 Å². The highest BCUT2D eigenvalue weighted by molar-refractivity contribution is 5.98. The van der Waals surface area contributed by atoms with Gasteiger partial charge in [0.05, 0.1) is 43.0 Å². The Morgan fingerprint density at radius 2 is 1.40 bits per heavy atom. The van der Waals surface area contributed by atoms with E-state index in [1.54, 1.807) is 13.0 Å². The molecular formula is C52H84N8O15. The van der Waals surface area contributed by atoms with Crippen molar-refractivity contribution in [2.75, 3.05) is 19.6 Å². The molecule has 3 saturated heterocycles. The number of phenols is 1. The van der Waals surface area contributed by atoms with Gasteiger partial charge in [-0.3, -0.25) is 38.4 Å². The van der Waals surface area contributed by atoms with Crippen molar-refractivity contribution in [1.29, 1.82) is 0 Å². The van der Waals surface area contributed by atoms with E-state index < -0.39 is 152 Å². The molecule has 0 radical (unpaired) electrons. The number of rotatable bonds is 21. The standard InChI is InChI=1S/C52H84N8O15/c1-6-28(3)20-29(4)14-12-10-8-9-11-13-15-42(69)55-35-23-33(62)26-54-50(73)46-38(65)18-19-59(46)52(75)45(40(67)25-41(53)68)58-49(72)44(39(66)22-31-16-17-37(64)32(7-2)21-31)57-48(71)36-24-34(63)27-60(36)51(74)43(30(5)61)56-47(35)70/h16-17,21,28-30,33-36,38-40,43-46,61-67H,6-15,18-20,22-27H2,1-5H3,(H2,53,68)(H,54,73)(H,55,69)(H,56,70)(H,57,71)(H,58,72)/t28?,29?,30-,33-,34-,35-,36+,38+,39+,40+,43+,44+,45+,46+/m1/s1. The van der Waals surface area contributed by atoms with Crippen molar-refractivity contribution in [1.82, 2.24) is 36.4 Å². The third-order valence-corrected chi connectivity index (χ3v) is 14.6. The lowest BCUT2D eigenvalue weighted by molar-refractivity contribution is -0.147. The Hall–Kier alpha value is -5.46. The van der Waals surface area contributed by atoms with Crippen molar-refractivity contribution in [3.63, 3.8) is 0 Å². The molecular weight excluding hydrogens is 977 g/mol. The molecule has 1 aromatic rings. The molecule has 2 unspecified atom stereocenters. The van der Waals surface area contributed by atoms with Crippen molar-refractivity contribution in [3.8, 4) is 5.75 Å². The Kier molecular flexibility index (Phi) is 24.6. The van der Waals surface area contributed by atoms with Gasteiger partial charge in [-0.15, -0.1) is 0 Å². The van der Waals surface area contributed by atoms with Crippen molar-refractivity contribution in [3.05, 3.63) is 29.3 Å². The van der Waals surface area contributed by atoms with Crippen LogP contribution in [0.5, 0.6) is 5.75 Å². The number of hydrogen-bond donors (Lipinski definition) is 13. The molecule has 23 heteroatoms. The second kappa shape index (κ2) is 29.7. The first-order valence-corrected chi connectivity index (χ1v) is 26.7. The molecule has 14 N–H and O–H groups in total. The molecule has 0 aliphatic carbocycles. The lowest BCUT2D eigenvalue weighted by Crippen LogP contribution is -2.64. The number of aliphatic hydroxyl groups is 6. The van der Waals surface area contributed by atoms with E-state index in [2.05, 4.69) is 47.4 Å². The molecule has 14 atom stereocenters. The van der Waals surface area contributed by atoms with Crippen molar-refractivity contribution in [2.24, 2.45) is 17.6 Å². The van der Waals surface area contributed by atoms with Crippen LogP contribution >= 0.6 is 0 Å². The van der Waals surface area contributed by atoms with Gasteiger partial charge in [0.15, 0.2) is 0 Å². The number of carbonyl (C=O) groups is 8. The molecule has 1 aromatic carbocycles. The van der Waals surface area contributed by atoms with E-state index in [4.69, 9.17) is 5.73 Å². The molecule has 3 fully saturated rings. The number of unbranched alkanes of at least 4 members (excludes halogenated alkanes) is 5. The SMILES string of the molecule is CCc1cc(C[C@H](O)[C@@H]2NC(=O)[C@@H]3C[C@@H](O)CN3C(=O)[C@H]([C@@H](C)O)NC(=O)[C@H](NC(=O)CCCCCCCCC(C)CC(C)CC)C[C@@H](O)CNC(=O)[C@@H]3[C@@H](O)CCN3C(=O)[C@H]([C@@H](O)CC(N)=O)NC2=O)ccc1O. The molecule has 3 aliphatic rings. The van der Waals surface area contributed by atoms with Crippen LogP contribution in [0, 0.1) is 11.8 Å². The van der Waals surface area contributed by atoms with Crippen LogP contribution < -0.4 is 32.3 Å². The van der Waals surface area contributed by atoms with Crippen LogP contribution in [0.15, 0.2) is 18.2 Å². The van der Waals surface area contributed by atoms with E-state index in [0.717, 1.165) is 54.7 Å². The van der Waals surface area contributed by atoms with Gasteiger partial charge in [0.25, 0.3) is 0 Å². The summed E-state index contributed by atoms with van der Waals surface area (Å²) in [5.41, 5.74) is 6.24. The maximum absolute atomic E-state index is 14.4. The maximum Gasteiger partial charge on any atom is 0.248 e. The summed E-state index contributed by atoms with van der Waals surface area (Å²) < 4.78 is 0. The van der Waals surface area contributed by atoms with Gasteiger partial charge in [0.2, 0.25) is 47.3 Å². The first-order valence-electron chi connectivity index (χ1n) is 26.7. The van der Waals surface area contributed by atoms with Gasteiger partial charge in [0.1, 0.15) is 42.0 Å². The smallest absolute Gasteiger partial charge is 0.248 e. The topological polar surface area (TPSA) is 371 Å². The van der Waals surface area contributed by atoms with Gasteiger partial charge in [-0.05, 0) is 61.6 Å². The van der Waals surface area contributed by atoms with Crippen molar-refractivity contribution < 1.29 is 74.1 Å². The minimum absolute atomic E-state index is 0.00407. The van der Waals surface area contributed by atoms with Gasteiger partial charge in [-0.2, -0.15) is 0 Å². The second-order valence-electron chi connectivity index (χ2n) is 21.0. The molecule has 0 aromatic heterocycles. The van der Waals surface area contributed by atoms with E-state index in [0.29, 0.717) is 35.8 Å². The second-order valence-corrected chi connectivity index (χ2v) is 21.0. The Balaban J connectivity index is 1.67. The normalized spacial score (nSPS) is 27.6. The number of amides is 8. The molecule has 0 bridgehead atoms. The van der Waals surface area contributed by atoms with E-state index in [-0.39, 0.29) is 31.6 Å². The third-order valence-electron chi connectivity index (χ3n) is 14.6. The third kappa shape index (κ3) is 18.4. The Bertz CT molecular complexity index is 2110. The first-order chi connectivity index (χ1) is 35.4. The summed E-state index contributed by atoms with van der Waals surface area (Å²) in [6, 6.07) is -6.47. The minimum atomic E-state index is -2.10. The van der Waals surface area contributed by atoms with E-state index in [9.17, 15) is 74.1 Å². The van der Waals surface area contributed by atoms with Gasteiger partial charge in [-0.25, -0.2) is 0 Å². The van der Waals surface area contributed by atoms with Crippen LogP contribution in [-0.2, 0) is 51.2 Å². The van der Waals surface area contributed by atoms with E-state index in [1.807, 2.05) is 0 Å². The van der Waals surface area contributed by atoms with E-state index in [1.165, 1.54) is 25.5 Å². The predicted octanol–water partition coefficient (Wildman–Crippen LogP) is -1.59. The number of primary amides is 1. The number of aliphatic hydroxyl groups excluding tert-OH is 6. The fourth-order valence-electron chi connectivity index (χ4n) is 10.2. The summed E-state index contributed by atoms with van der Waals surface area (Å²) in [5, 5.41) is 89.6. The fraction of sp³-hybridized carbons (Fsp3) is 0.731. The number of phenolic OH excluding ortho intramolecular Hbond substituents is 1. The van der Waals surface area contributed by atoms with Crippen molar-refractivity contribution >= 4 is 47.3 Å². The number of β-amino-alcohol motifs (C(OH)–C–C–N with tert-alkyl or cyclic N) is 1. The number of benzene rings is 1. The highest BCUT2D eigenvalue weighted by Gasteiger charge is 2.48. The molecule has 8 amide bonds. The van der Waals surface area contributed by atoms with Crippen LogP contribution in [0.25, 0.3) is 0 Å². The summed E-state index contributed by atoms with van der Waals surface area (Å²) in [5.74, 6) is -7.11. The maximum atomic E-state index is 14.4. The fourth-order valence-corrected chi connectivity index (χ4v) is 10.2. The van der Waals surface area contributed by atoms with Gasteiger partial charge in [-0.1, -0.05) is 84.8 Å². The summed E-state index contributed by atoms with van der Waals surface area (Å²) in [7, 11) is 0. The minimum Gasteiger partial charge on any atom is -0.508 e. The number of nitrogens with two attached hydrogens (primary N) is 1. The zero-order valence-corrected chi connectivity index (χ0v) is 44.1. The number of aryl methyl sites for hydroxylation is 1. The molecule has 23 nitrogen and oxygen atoms in total. The average Bonchev–Trinajstić information content (AvgIpc) is 3.95. The molecule has 422 valence electrons. The van der Waals surface area contributed by atoms with Crippen LogP contribution in [0.4, 0.5) is 0 Å². The van der Waals surface area contributed by atoms with Crippen LogP contribution in [0.3, 0.4) is 0 Å². The number of hydrogen-bond acceptors (Lipinski definition) is 15. The number of nitrogens with zero attached hydrogens (tertiary/aromatic N) is 2. The number of nitrogens with one attached hydrogen (secondary N) is 5. The number of fused-ring (bicyclic) bond motifs is 2. The molecule has 0 spiro atoms. The predicted molar refractivity (Wildman–Crippen MR) is 272 cm³/mol. The summed E-state index contributed by atoms with van der Waals surface area (Å²) in [4.78, 5) is 113. The lowest BCUT2D eigenvalue weighted by Gasteiger charge is -2.33. The quantitative estimate of drug-likeness (QED) is 0.0618. The summed E-state index contributed by atoms with van der Waals surface area (Å²) >= 11 is 0. The molecule has 3 heterocycles.